The zero-order valence-electron chi connectivity index (χ0n) is 6.23. The highest BCUT2D eigenvalue weighted by Gasteiger charge is 2.26. The van der Waals surface area contributed by atoms with Gasteiger partial charge in [0, 0.05) is 11.3 Å². The molecular formula is C8H7I2NO. The number of aryl methyl sites for hydroxylation is 1. The molecule has 12 heavy (non-hydrogen) atoms. The molecule has 0 bridgehead atoms. The molecule has 0 saturated heterocycles. The maximum absolute atomic E-state index is 11.6. The van der Waals surface area contributed by atoms with Crippen molar-refractivity contribution in [1.29, 1.82) is 0 Å². The van der Waals surface area contributed by atoms with Gasteiger partial charge in [0.05, 0.1) is 7.63 Å². The SMILES string of the molecule is O=C1c2cc(I)[nH]c2CCC1I. The van der Waals surface area contributed by atoms with Gasteiger partial charge in [-0.15, -0.1) is 0 Å². The molecule has 1 heterocycles. The quantitative estimate of drug-likeness (QED) is 0.539. The smallest absolute Gasteiger partial charge is 0.177 e. The van der Waals surface area contributed by atoms with Gasteiger partial charge in [-0.2, -0.15) is 0 Å². The molecule has 1 aromatic rings. The lowest BCUT2D eigenvalue weighted by Crippen LogP contribution is -2.21. The zero-order valence-corrected chi connectivity index (χ0v) is 10.5. The number of fused-ring (bicyclic) bond motifs is 1. The van der Waals surface area contributed by atoms with Crippen molar-refractivity contribution < 1.29 is 4.79 Å². The molecule has 1 aromatic heterocycles. The second-order valence-electron chi connectivity index (χ2n) is 2.88. The molecule has 0 aliphatic heterocycles. The van der Waals surface area contributed by atoms with Crippen molar-refractivity contribution in [2.45, 2.75) is 16.8 Å². The molecular weight excluding hydrogens is 380 g/mol. The monoisotopic (exact) mass is 387 g/mol. The molecule has 1 unspecified atom stereocenters. The summed E-state index contributed by atoms with van der Waals surface area (Å²) < 4.78 is 1.25. The van der Waals surface area contributed by atoms with Crippen LogP contribution in [0.5, 0.6) is 0 Å². The van der Waals surface area contributed by atoms with Crippen LogP contribution in [0.25, 0.3) is 0 Å². The first-order valence-electron chi connectivity index (χ1n) is 3.74. The standard InChI is InChI=1S/C8H7I2NO/c9-5-1-2-6-4(8(5)12)3-7(10)11-6/h3,5,11H,1-2H2. The number of alkyl halides is 1. The Hall–Kier alpha value is 0.410. The van der Waals surface area contributed by atoms with E-state index < -0.39 is 0 Å². The fourth-order valence-electron chi connectivity index (χ4n) is 1.45. The number of carbonyl (C=O) groups excluding carboxylic acids is 1. The second-order valence-corrected chi connectivity index (χ2v) is 5.55. The van der Waals surface area contributed by atoms with E-state index in [1.54, 1.807) is 0 Å². The summed E-state index contributed by atoms with van der Waals surface area (Å²) in [5.41, 5.74) is 2.03. The van der Waals surface area contributed by atoms with Crippen molar-refractivity contribution in [3.05, 3.63) is 21.0 Å². The highest BCUT2D eigenvalue weighted by Crippen LogP contribution is 2.26. The van der Waals surface area contributed by atoms with E-state index in [9.17, 15) is 4.79 Å². The number of hydrogen-bond donors (Lipinski definition) is 1. The topological polar surface area (TPSA) is 32.9 Å². The van der Waals surface area contributed by atoms with Crippen LogP contribution in [-0.2, 0) is 6.42 Å². The highest BCUT2D eigenvalue weighted by molar-refractivity contribution is 14.1. The Morgan fingerprint density at radius 1 is 1.58 bits per heavy atom. The molecule has 0 radical (unpaired) electrons. The van der Waals surface area contributed by atoms with Gasteiger partial charge in [0.2, 0.25) is 0 Å². The van der Waals surface area contributed by atoms with Gasteiger partial charge in [-0.3, -0.25) is 4.79 Å². The third kappa shape index (κ3) is 1.43. The van der Waals surface area contributed by atoms with E-state index >= 15 is 0 Å². The first-order chi connectivity index (χ1) is 5.68. The lowest BCUT2D eigenvalue weighted by atomic mass is 9.97. The Morgan fingerprint density at radius 2 is 2.33 bits per heavy atom. The van der Waals surface area contributed by atoms with Crippen LogP contribution in [0.2, 0.25) is 0 Å². The molecule has 64 valence electrons. The molecule has 1 atom stereocenters. The number of aromatic nitrogens is 1. The van der Waals surface area contributed by atoms with E-state index in [1.807, 2.05) is 6.07 Å². The van der Waals surface area contributed by atoms with Crippen molar-refractivity contribution >= 4 is 51.0 Å². The average molecular weight is 387 g/mol. The van der Waals surface area contributed by atoms with Crippen molar-refractivity contribution in [2.75, 3.05) is 0 Å². The summed E-state index contributed by atoms with van der Waals surface area (Å²) in [6, 6.07) is 1.95. The van der Waals surface area contributed by atoms with E-state index in [-0.39, 0.29) is 9.71 Å². The van der Waals surface area contributed by atoms with E-state index in [1.165, 1.54) is 0 Å². The Bertz CT molecular complexity index is 332. The molecule has 0 fully saturated rings. The van der Waals surface area contributed by atoms with Gasteiger partial charge in [-0.1, -0.05) is 22.6 Å². The van der Waals surface area contributed by atoms with Crippen LogP contribution in [0.3, 0.4) is 0 Å². The largest absolute Gasteiger partial charge is 0.353 e. The van der Waals surface area contributed by atoms with Gasteiger partial charge >= 0.3 is 0 Å². The first-order valence-corrected chi connectivity index (χ1v) is 6.06. The lowest BCUT2D eigenvalue weighted by Gasteiger charge is -2.14. The summed E-state index contributed by atoms with van der Waals surface area (Å²) in [4.78, 5) is 14.8. The van der Waals surface area contributed by atoms with Gasteiger partial charge in [0.25, 0.3) is 0 Å². The summed E-state index contributed by atoms with van der Waals surface area (Å²) in [7, 11) is 0. The summed E-state index contributed by atoms with van der Waals surface area (Å²) in [6.45, 7) is 0. The predicted octanol–water partition coefficient (Wildman–Crippen LogP) is 2.55. The molecule has 0 saturated carbocycles. The minimum Gasteiger partial charge on any atom is -0.353 e. The summed E-state index contributed by atoms with van der Waals surface area (Å²) in [5.74, 6) is 0.288. The van der Waals surface area contributed by atoms with Crippen molar-refractivity contribution in [1.82, 2.24) is 4.98 Å². The number of aromatic amines is 1. The molecule has 1 N–H and O–H groups in total. The minimum absolute atomic E-state index is 0.182. The Kier molecular flexibility index (Phi) is 2.46. The number of halogens is 2. The van der Waals surface area contributed by atoms with Crippen molar-refractivity contribution in [3.8, 4) is 0 Å². The summed E-state index contributed by atoms with van der Waals surface area (Å²) >= 11 is 4.43. The van der Waals surface area contributed by atoms with Gasteiger partial charge in [-0.05, 0) is 41.5 Å². The van der Waals surface area contributed by atoms with Crippen LogP contribution < -0.4 is 0 Å². The third-order valence-corrected chi connectivity index (χ3v) is 3.83. The van der Waals surface area contributed by atoms with Crippen molar-refractivity contribution in [3.63, 3.8) is 0 Å². The fraction of sp³-hybridized carbons (Fsp3) is 0.375. The number of carbonyl (C=O) groups is 1. The van der Waals surface area contributed by atoms with E-state index in [4.69, 9.17) is 0 Å². The highest BCUT2D eigenvalue weighted by atomic mass is 127. The Balaban J connectivity index is 2.48. The first kappa shape index (κ1) is 8.98. The lowest BCUT2D eigenvalue weighted by molar-refractivity contribution is 0.0984. The maximum Gasteiger partial charge on any atom is 0.177 e. The predicted molar refractivity (Wildman–Crippen MR) is 64.0 cm³/mol. The van der Waals surface area contributed by atoms with Gasteiger partial charge in [0.1, 0.15) is 0 Å². The second kappa shape index (κ2) is 3.28. The molecule has 2 rings (SSSR count). The molecule has 0 amide bonds. The molecule has 0 spiro atoms. The number of H-pyrrole nitrogens is 1. The van der Waals surface area contributed by atoms with Crippen LogP contribution in [0.4, 0.5) is 0 Å². The average Bonchev–Trinajstić information content (AvgIpc) is 2.39. The number of Topliss-reactive ketones (excluding diaryl/α,β-unsaturated/α-hetero) is 1. The minimum atomic E-state index is 0.182. The maximum atomic E-state index is 11.6. The fourth-order valence-corrected chi connectivity index (χ4v) is 2.73. The van der Waals surface area contributed by atoms with Gasteiger partial charge < -0.3 is 4.98 Å². The molecule has 0 aromatic carbocycles. The van der Waals surface area contributed by atoms with E-state index in [0.29, 0.717) is 0 Å². The van der Waals surface area contributed by atoms with Crippen LogP contribution in [-0.4, -0.2) is 14.7 Å². The van der Waals surface area contributed by atoms with E-state index in [2.05, 4.69) is 50.2 Å². The number of nitrogens with one attached hydrogen (secondary N) is 1. The zero-order chi connectivity index (χ0) is 8.72. The van der Waals surface area contributed by atoms with Gasteiger partial charge in [-0.25, -0.2) is 0 Å². The van der Waals surface area contributed by atoms with Crippen LogP contribution >= 0.6 is 45.2 Å². The number of ketones is 1. The number of rotatable bonds is 0. The normalized spacial score (nSPS) is 22.5. The number of hydrogen-bond acceptors (Lipinski definition) is 1. The molecule has 4 heteroatoms. The Labute approximate surface area is 97.8 Å². The summed E-state index contributed by atoms with van der Waals surface area (Å²) in [5, 5.41) is 0. The van der Waals surface area contributed by atoms with Gasteiger partial charge in [0.15, 0.2) is 5.78 Å². The molecule has 2 nitrogen and oxygen atoms in total. The Morgan fingerprint density at radius 3 is 3.08 bits per heavy atom. The van der Waals surface area contributed by atoms with Crippen LogP contribution in [0.1, 0.15) is 22.5 Å². The van der Waals surface area contributed by atoms with E-state index in [0.717, 1.165) is 27.8 Å². The third-order valence-electron chi connectivity index (χ3n) is 2.06. The van der Waals surface area contributed by atoms with Crippen LogP contribution in [0, 0.1) is 3.70 Å². The van der Waals surface area contributed by atoms with Crippen molar-refractivity contribution in [2.24, 2.45) is 0 Å². The van der Waals surface area contributed by atoms with Crippen LogP contribution in [0.15, 0.2) is 6.07 Å². The molecule has 1 aliphatic rings. The summed E-state index contributed by atoms with van der Waals surface area (Å²) in [6.07, 6.45) is 1.99. The molecule has 1 aliphatic carbocycles.